The number of hydrogen-bond acceptors (Lipinski definition) is 8. The Morgan fingerprint density at radius 3 is 1.64 bits per heavy atom. The second kappa shape index (κ2) is 10.7. The van der Waals surface area contributed by atoms with E-state index in [0.29, 0.717) is 29.1 Å². The minimum Gasteiger partial charge on any atom is -0.0986 e. The van der Waals surface area contributed by atoms with Crippen molar-refractivity contribution in [3.8, 4) is 0 Å². The predicted octanol–water partition coefficient (Wildman–Crippen LogP) is 14.2. The second-order valence-corrected chi connectivity index (χ2v) is 22.7. The first-order valence-corrected chi connectivity index (χ1v) is 22.0. The number of rotatable bonds is 1. The molecule has 6 unspecified atom stereocenters. The largest absolute Gasteiger partial charge is 0.0986 e. The summed E-state index contributed by atoms with van der Waals surface area (Å²) >= 11 is 16.2. The minimum atomic E-state index is 0.301. The fourth-order valence-corrected chi connectivity index (χ4v) is 19.1. The Kier molecular flexibility index (Phi) is 7.32. The molecule has 8 aliphatic rings. The van der Waals surface area contributed by atoms with Gasteiger partial charge in [0.2, 0.25) is 0 Å². The zero-order valence-electron chi connectivity index (χ0n) is 25.7. The third-order valence-corrected chi connectivity index (χ3v) is 22.0. The fraction of sp³-hybridized carbons (Fsp3) is 0.389. The van der Waals surface area contributed by atoms with Crippen LogP contribution in [-0.2, 0) is 0 Å². The van der Waals surface area contributed by atoms with Gasteiger partial charge in [0, 0.05) is 70.6 Å². The molecule has 0 amide bonds. The summed E-state index contributed by atoms with van der Waals surface area (Å²) in [5.41, 5.74) is 3.21. The Morgan fingerprint density at radius 1 is 0.682 bits per heavy atom. The molecular formula is C36H34S8. The Balaban J connectivity index is 0.974. The van der Waals surface area contributed by atoms with Gasteiger partial charge in [-0.15, -0.1) is 0 Å². The van der Waals surface area contributed by atoms with Crippen molar-refractivity contribution in [2.45, 2.75) is 93.5 Å². The summed E-state index contributed by atoms with van der Waals surface area (Å²) in [4.78, 5) is 18.0. The Labute approximate surface area is 296 Å². The molecule has 44 heavy (non-hydrogen) atoms. The molecule has 4 aliphatic carbocycles. The van der Waals surface area contributed by atoms with Gasteiger partial charge in [-0.3, -0.25) is 0 Å². The molecule has 0 radical (unpaired) electrons. The fourth-order valence-electron chi connectivity index (χ4n) is 7.54. The van der Waals surface area contributed by atoms with Gasteiger partial charge in [-0.05, 0) is 74.1 Å². The highest BCUT2D eigenvalue weighted by molar-refractivity contribution is 8.30. The minimum absolute atomic E-state index is 0.301. The molecule has 0 nitrogen and oxygen atoms in total. The van der Waals surface area contributed by atoms with Crippen molar-refractivity contribution in [2.24, 2.45) is 35.0 Å². The monoisotopic (exact) mass is 722 g/mol. The zero-order chi connectivity index (χ0) is 30.2. The van der Waals surface area contributed by atoms with Crippen molar-refractivity contribution in [3.63, 3.8) is 0 Å². The molecule has 226 valence electrons. The lowest BCUT2D eigenvalue weighted by Crippen LogP contribution is -2.47. The highest BCUT2D eigenvalue weighted by Gasteiger charge is 2.56. The van der Waals surface area contributed by atoms with E-state index in [-0.39, 0.29) is 0 Å². The molecule has 0 spiro atoms. The van der Waals surface area contributed by atoms with Crippen LogP contribution in [0.3, 0.4) is 0 Å². The van der Waals surface area contributed by atoms with Crippen LogP contribution in [-0.4, -0.2) is 0 Å². The first-order valence-electron chi connectivity index (χ1n) is 15.4. The van der Waals surface area contributed by atoms with E-state index in [1.165, 1.54) is 71.6 Å². The lowest BCUT2D eigenvalue weighted by Gasteiger charge is -2.58. The molecule has 0 N–H and O–H groups in total. The summed E-state index contributed by atoms with van der Waals surface area (Å²) in [5, 5.41) is 0. The molecule has 1 saturated carbocycles. The summed E-state index contributed by atoms with van der Waals surface area (Å²) in [6.45, 7) is 18.8. The molecule has 8 heteroatoms. The van der Waals surface area contributed by atoms with Crippen molar-refractivity contribution in [1.29, 1.82) is 0 Å². The van der Waals surface area contributed by atoms with Crippen molar-refractivity contribution >= 4 is 94.1 Å². The highest BCUT2D eigenvalue weighted by Crippen LogP contribution is 2.71. The molecule has 0 saturated heterocycles. The maximum Gasteiger partial charge on any atom is 0.0706 e. The molecule has 2 bridgehead atoms. The second-order valence-electron chi connectivity index (χ2n) is 13.6. The van der Waals surface area contributed by atoms with Crippen molar-refractivity contribution < 1.29 is 0 Å². The van der Waals surface area contributed by atoms with Crippen molar-refractivity contribution in [1.82, 2.24) is 0 Å². The Morgan fingerprint density at radius 2 is 1.14 bits per heavy atom. The number of thioether (sulfide) groups is 8. The van der Waals surface area contributed by atoms with Gasteiger partial charge in [0.25, 0.3) is 0 Å². The van der Waals surface area contributed by atoms with Crippen LogP contribution in [0.15, 0.2) is 115 Å². The number of allylic oxidation sites excluding steroid dienone is 7. The average Bonchev–Trinajstić information content (AvgIpc) is 3.60. The first-order chi connectivity index (χ1) is 21.1. The van der Waals surface area contributed by atoms with Gasteiger partial charge in [-0.2, -0.15) is 0 Å². The van der Waals surface area contributed by atoms with Crippen molar-refractivity contribution in [2.75, 3.05) is 0 Å². The van der Waals surface area contributed by atoms with Crippen LogP contribution in [0.2, 0.25) is 0 Å². The van der Waals surface area contributed by atoms with Crippen LogP contribution < -0.4 is 0 Å². The standard InChI is InChI=1S/C36H34S8/c1-15(2)8-20-9-16(3)17(4)30-32(20)39-24-12-28-26(10-22(24)37-30)41-34(43-28)35-42-27-11-23-25(13-29(27)44-35)40-33-21-14-36(7,18(21)5)19(6)31(33)38-23/h8,10-13,16-17,19-21H,5,9,14H2,1-4,6-7H3/b35-34+. The normalized spacial score (nSPS) is 34.5. The summed E-state index contributed by atoms with van der Waals surface area (Å²) in [6, 6.07) is 9.98. The summed E-state index contributed by atoms with van der Waals surface area (Å²) < 4.78 is 2.92. The maximum atomic E-state index is 4.52. The molecule has 1 fully saturated rings. The average molecular weight is 723 g/mol. The molecule has 10 rings (SSSR count). The Bertz CT molecular complexity index is 1840. The van der Waals surface area contributed by atoms with Gasteiger partial charge in [-0.1, -0.05) is 146 Å². The molecule has 4 aliphatic heterocycles. The van der Waals surface area contributed by atoms with Gasteiger partial charge in [0.15, 0.2) is 0 Å². The maximum absolute atomic E-state index is 4.52. The van der Waals surface area contributed by atoms with Gasteiger partial charge in [0.1, 0.15) is 0 Å². The SMILES string of the molecule is C=C1C2CC1(C)C(C)C1=C2Sc2cc3c(cc2S1)S/C(=C1\Sc2cc4c(cc2S1)SC1=C(S4)C(C=C(C)C)CC(C)C1C)S3. The van der Waals surface area contributed by atoms with Crippen LogP contribution in [0.5, 0.6) is 0 Å². The van der Waals surface area contributed by atoms with E-state index < -0.39 is 0 Å². The predicted molar refractivity (Wildman–Crippen MR) is 201 cm³/mol. The molecule has 0 aromatic heterocycles. The van der Waals surface area contributed by atoms with Crippen LogP contribution in [0.4, 0.5) is 0 Å². The first kappa shape index (κ1) is 30.0. The van der Waals surface area contributed by atoms with Crippen LogP contribution in [0.25, 0.3) is 0 Å². The van der Waals surface area contributed by atoms with Crippen LogP contribution in [0, 0.1) is 35.0 Å². The number of hydrogen-bond donors (Lipinski definition) is 0. The van der Waals surface area contributed by atoms with Gasteiger partial charge in [0.05, 0.1) is 8.47 Å². The van der Waals surface area contributed by atoms with E-state index in [0.717, 1.165) is 5.92 Å². The number of fused-ring (bicyclic) bond motifs is 4. The number of benzene rings is 2. The van der Waals surface area contributed by atoms with E-state index in [1.807, 2.05) is 58.8 Å². The van der Waals surface area contributed by atoms with E-state index in [2.05, 4.69) is 114 Å². The molecule has 2 aromatic carbocycles. The smallest absolute Gasteiger partial charge is 0.0706 e. The lowest BCUT2D eigenvalue weighted by atomic mass is 9.51. The topological polar surface area (TPSA) is 0 Å². The van der Waals surface area contributed by atoms with Gasteiger partial charge >= 0.3 is 0 Å². The van der Waals surface area contributed by atoms with Gasteiger partial charge in [-0.25, -0.2) is 0 Å². The van der Waals surface area contributed by atoms with Crippen LogP contribution >= 0.6 is 94.1 Å². The van der Waals surface area contributed by atoms with E-state index in [4.69, 9.17) is 0 Å². The van der Waals surface area contributed by atoms with Crippen molar-refractivity contribution in [3.05, 3.63) is 76.2 Å². The molecular weight excluding hydrogens is 689 g/mol. The quantitative estimate of drug-likeness (QED) is 0.263. The van der Waals surface area contributed by atoms with Gasteiger partial charge < -0.3 is 0 Å². The third-order valence-electron chi connectivity index (χ3n) is 10.6. The lowest BCUT2D eigenvalue weighted by molar-refractivity contribution is 0.140. The molecule has 2 aromatic rings. The van der Waals surface area contributed by atoms with E-state index >= 15 is 0 Å². The van der Waals surface area contributed by atoms with E-state index in [1.54, 1.807) is 19.6 Å². The highest BCUT2D eigenvalue weighted by atomic mass is 32.2. The summed E-state index contributed by atoms with van der Waals surface area (Å²) in [7, 11) is 0. The summed E-state index contributed by atoms with van der Waals surface area (Å²) in [5.74, 6) is 3.07. The van der Waals surface area contributed by atoms with E-state index in [9.17, 15) is 0 Å². The summed E-state index contributed by atoms with van der Waals surface area (Å²) in [6.07, 6.45) is 5.06. The molecule has 4 heterocycles. The zero-order valence-corrected chi connectivity index (χ0v) is 32.2. The van der Waals surface area contributed by atoms with Crippen LogP contribution in [0.1, 0.15) is 54.4 Å². The third kappa shape index (κ3) is 4.50. The Hall–Kier alpha value is -0.0600. The molecule has 6 atom stereocenters.